The highest BCUT2D eigenvalue weighted by molar-refractivity contribution is 8.04. The molecular formula is C15H24S. The monoisotopic (exact) mass is 236 g/mol. The van der Waals surface area contributed by atoms with Crippen molar-refractivity contribution in [1.29, 1.82) is 0 Å². The molecule has 0 saturated carbocycles. The maximum atomic E-state index is 3.88. The van der Waals surface area contributed by atoms with E-state index in [4.69, 9.17) is 0 Å². The normalized spacial score (nSPS) is 31.9. The van der Waals surface area contributed by atoms with Crippen molar-refractivity contribution in [2.75, 3.05) is 0 Å². The van der Waals surface area contributed by atoms with E-state index < -0.39 is 0 Å². The zero-order valence-electron chi connectivity index (χ0n) is 11.0. The van der Waals surface area contributed by atoms with Gasteiger partial charge in [0.05, 0.1) is 0 Å². The van der Waals surface area contributed by atoms with E-state index in [1.165, 1.54) is 24.2 Å². The first-order valence-corrected chi connectivity index (χ1v) is 7.15. The lowest BCUT2D eigenvalue weighted by Crippen LogP contribution is -2.28. The van der Waals surface area contributed by atoms with Gasteiger partial charge in [-0.2, -0.15) is 0 Å². The van der Waals surface area contributed by atoms with Crippen molar-refractivity contribution < 1.29 is 0 Å². The van der Waals surface area contributed by atoms with Crippen molar-refractivity contribution in [2.45, 2.75) is 52.2 Å². The lowest BCUT2D eigenvalue weighted by Gasteiger charge is -2.33. The van der Waals surface area contributed by atoms with Crippen LogP contribution in [0.3, 0.4) is 0 Å². The molecule has 0 bridgehead atoms. The Morgan fingerprint density at radius 1 is 1.56 bits per heavy atom. The Bertz CT molecular complexity index is 311. The van der Waals surface area contributed by atoms with E-state index >= 15 is 0 Å². The van der Waals surface area contributed by atoms with Crippen LogP contribution in [-0.2, 0) is 0 Å². The number of hydrogen-bond donors (Lipinski definition) is 0. The molecule has 1 heteroatoms. The molecule has 2 atom stereocenters. The first-order chi connectivity index (χ1) is 7.60. The van der Waals surface area contributed by atoms with Crippen LogP contribution in [0.4, 0.5) is 0 Å². The van der Waals surface area contributed by atoms with E-state index in [0.29, 0.717) is 10.7 Å². The third kappa shape index (κ3) is 2.45. The van der Waals surface area contributed by atoms with E-state index in [1.807, 2.05) is 17.8 Å². The van der Waals surface area contributed by atoms with Gasteiger partial charge >= 0.3 is 0 Å². The second kappa shape index (κ2) is 5.77. The van der Waals surface area contributed by atoms with Crippen LogP contribution in [0, 0.1) is 5.41 Å². The van der Waals surface area contributed by atoms with Gasteiger partial charge in [-0.15, -0.1) is 11.8 Å². The first kappa shape index (κ1) is 13.6. The van der Waals surface area contributed by atoms with Crippen LogP contribution in [0.25, 0.3) is 0 Å². The van der Waals surface area contributed by atoms with Crippen molar-refractivity contribution in [2.24, 2.45) is 5.41 Å². The minimum Gasteiger partial charge on any atom is -0.118 e. The van der Waals surface area contributed by atoms with Crippen LogP contribution in [0.1, 0.15) is 47.0 Å². The van der Waals surface area contributed by atoms with Crippen LogP contribution in [0.15, 0.2) is 35.3 Å². The Balaban J connectivity index is 0.000000386. The summed E-state index contributed by atoms with van der Waals surface area (Å²) >= 11 is 1.98. The minimum atomic E-state index is 0.406. The zero-order valence-corrected chi connectivity index (χ0v) is 11.9. The van der Waals surface area contributed by atoms with Crippen molar-refractivity contribution >= 4 is 11.8 Å². The van der Waals surface area contributed by atoms with Gasteiger partial charge in [0.25, 0.3) is 0 Å². The molecule has 16 heavy (non-hydrogen) atoms. The number of hydrogen-bond acceptors (Lipinski definition) is 1. The summed E-state index contributed by atoms with van der Waals surface area (Å²) in [5.74, 6) is 0. The first-order valence-electron chi connectivity index (χ1n) is 6.27. The van der Waals surface area contributed by atoms with Gasteiger partial charge in [-0.05, 0) is 19.8 Å². The van der Waals surface area contributed by atoms with Crippen molar-refractivity contribution in [3.63, 3.8) is 0 Å². The smallest absolute Gasteiger partial charge is 0.0365 e. The average molecular weight is 236 g/mol. The molecule has 0 aromatic heterocycles. The van der Waals surface area contributed by atoms with Crippen LogP contribution < -0.4 is 0 Å². The Morgan fingerprint density at radius 2 is 2.19 bits per heavy atom. The molecule has 0 saturated heterocycles. The molecule has 2 rings (SSSR count). The molecule has 0 spiro atoms. The van der Waals surface area contributed by atoms with Gasteiger partial charge in [-0.1, -0.05) is 57.6 Å². The zero-order chi connectivity index (χ0) is 12.2. The quantitative estimate of drug-likeness (QED) is 0.554. The molecule has 0 radical (unpaired) electrons. The Labute approximate surface area is 105 Å². The van der Waals surface area contributed by atoms with Crippen molar-refractivity contribution in [3.05, 3.63) is 35.3 Å². The number of allylic oxidation sites excluding steroid dienone is 3. The Morgan fingerprint density at radius 3 is 2.69 bits per heavy atom. The summed E-state index contributed by atoms with van der Waals surface area (Å²) in [6, 6.07) is 0. The highest BCUT2D eigenvalue weighted by Crippen LogP contribution is 2.55. The number of thioether (sulfide) groups is 1. The number of fused-ring (bicyclic) bond motifs is 1. The van der Waals surface area contributed by atoms with Crippen LogP contribution in [0.5, 0.6) is 0 Å². The van der Waals surface area contributed by atoms with Crippen LogP contribution >= 0.6 is 11.8 Å². The van der Waals surface area contributed by atoms with Gasteiger partial charge in [0.15, 0.2) is 0 Å². The topological polar surface area (TPSA) is 0 Å². The molecule has 1 aliphatic heterocycles. The molecule has 1 aliphatic carbocycles. The SMILES string of the molecule is C=CC1=C(C)C2(C)CCC=CC2S1.CCC. The fourth-order valence-corrected chi connectivity index (χ4v) is 3.76. The maximum Gasteiger partial charge on any atom is 0.0365 e. The lowest BCUT2D eigenvalue weighted by molar-refractivity contribution is 0.376. The van der Waals surface area contributed by atoms with Gasteiger partial charge in [0, 0.05) is 15.6 Å². The molecule has 0 aromatic carbocycles. The summed E-state index contributed by atoms with van der Waals surface area (Å²) < 4.78 is 0. The van der Waals surface area contributed by atoms with Gasteiger partial charge in [0.1, 0.15) is 0 Å². The number of rotatable bonds is 1. The fourth-order valence-electron chi connectivity index (χ4n) is 2.24. The predicted octanol–water partition coefficient (Wildman–Crippen LogP) is 5.33. The molecule has 0 amide bonds. The largest absolute Gasteiger partial charge is 0.118 e. The summed E-state index contributed by atoms with van der Waals surface area (Å²) in [6.45, 7) is 12.8. The average Bonchev–Trinajstić information content (AvgIpc) is 2.53. The van der Waals surface area contributed by atoms with Crippen molar-refractivity contribution in [1.82, 2.24) is 0 Å². The molecule has 2 unspecified atom stereocenters. The van der Waals surface area contributed by atoms with E-state index in [0.717, 1.165) is 0 Å². The van der Waals surface area contributed by atoms with E-state index in [9.17, 15) is 0 Å². The lowest BCUT2D eigenvalue weighted by atomic mass is 9.73. The van der Waals surface area contributed by atoms with Crippen LogP contribution in [0.2, 0.25) is 0 Å². The molecule has 2 aliphatic rings. The van der Waals surface area contributed by atoms with Crippen molar-refractivity contribution in [3.8, 4) is 0 Å². The molecule has 0 fully saturated rings. The fraction of sp³-hybridized carbons (Fsp3) is 0.600. The van der Waals surface area contributed by atoms with Gasteiger partial charge in [-0.3, -0.25) is 0 Å². The Kier molecular flexibility index (Phi) is 4.91. The van der Waals surface area contributed by atoms with Gasteiger partial charge in [-0.25, -0.2) is 0 Å². The third-order valence-corrected chi connectivity index (χ3v) is 5.09. The summed E-state index contributed by atoms with van der Waals surface area (Å²) in [7, 11) is 0. The van der Waals surface area contributed by atoms with Crippen LogP contribution in [-0.4, -0.2) is 5.25 Å². The van der Waals surface area contributed by atoms with Gasteiger partial charge < -0.3 is 0 Å². The summed E-state index contributed by atoms with van der Waals surface area (Å²) in [4.78, 5) is 1.40. The molecule has 90 valence electrons. The highest BCUT2D eigenvalue weighted by Gasteiger charge is 2.42. The maximum absolute atomic E-state index is 3.88. The second-order valence-corrected chi connectivity index (χ2v) is 6.01. The molecule has 1 heterocycles. The predicted molar refractivity (Wildman–Crippen MR) is 76.7 cm³/mol. The highest BCUT2D eigenvalue weighted by atomic mass is 32.2. The molecule has 0 N–H and O–H groups in total. The molecule has 0 aromatic rings. The summed E-state index contributed by atoms with van der Waals surface area (Å²) in [6.07, 6.45) is 10.5. The van der Waals surface area contributed by atoms with Gasteiger partial charge in [0.2, 0.25) is 0 Å². The molecule has 0 nitrogen and oxygen atoms in total. The minimum absolute atomic E-state index is 0.406. The van der Waals surface area contributed by atoms with E-state index in [-0.39, 0.29) is 0 Å². The van der Waals surface area contributed by atoms with E-state index in [2.05, 4.69) is 46.4 Å². The standard InChI is InChI=1S/C12H16S.C3H8/c1-4-10-9(2)12(3)8-6-5-7-11(12)13-10;1-3-2/h4-5,7,11H,1,6,8H2,2-3H3;3H2,1-2H3. The van der Waals surface area contributed by atoms with E-state index in [1.54, 1.807) is 5.57 Å². The third-order valence-electron chi connectivity index (χ3n) is 3.43. The Hall–Kier alpha value is -0.430. The summed E-state index contributed by atoms with van der Waals surface area (Å²) in [5.41, 5.74) is 1.95. The molecular weight excluding hydrogens is 212 g/mol. The second-order valence-electron chi connectivity index (χ2n) is 4.82. The summed E-state index contributed by atoms with van der Waals surface area (Å²) in [5, 5.41) is 0.661.